The van der Waals surface area contributed by atoms with Gasteiger partial charge in [-0.05, 0) is 25.1 Å². The average molecular weight is 328 g/mol. The Morgan fingerprint density at radius 3 is 2.52 bits per heavy atom. The Balaban J connectivity index is 2.00. The third kappa shape index (κ3) is 3.89. The molecule has 2 aromatic rings. The lowest BCUT2D eigenvalue weighted by Gasteiger charge is -2.30. The second kappa shape index (κ2) is 6.67. The lowest BCUT2D eigenvalue weighted by Crippen LogP contribution is -2.46. The molecule has 0 fully saturated rings. The topological polar surface area (TPSA) is 63.0 Å². The lowest BCUT2D eigenvalue weighted by atomic mass is 9.97. The normalized spacial score (nSPS) is 14.7. The first-order valence-electron chi connectivity index (χ1n) is 7.13. The molecule has 126 valence electrons. The van der Waals surface area contributed by atoms with Crippen molar-refractivity contribution in [2.45, 2.75) is 31.7 Å². The molecule has 2 N–H and O–H groups in total. The van der Waals surface area contributed by atoms with Gasteiger partial charge in [0.15, 0.2) is 0 Å². The van der Waals surface area contributed by atoms with Gasteiger partial charge in [-0.1, -0.05) is 6.07 Å². The average Bonchev–Trinajstić information content (AvgIpc) is 2.90. The Morgan fingerprint density at radius 1 is 1.26 bits per heavy atom. The van der Waals surface area contributed by atoms with Crippen molar-refractivity contribution in [3.63, 3.8) is 0 Å². The zero-order valence-corrected chi connectivity index (χ0v) is 12.9. The molecule has 0 aliphatic carbocycles. The third-order valence-corrected chi connectivity index (χ3v) is 3.60. The summed E-state index contributed by atoms with van der Waals surface area (Å²) in [6.07, 6.45) is -1.05. The van der Waals surface area contributed by atoms with E-state index in [4.69, 9.17) is 0 Å². The molecule has 0 saturated heterocycles. The maximum atomic E-state index is 13.3. The highest BCUT2D eigenvalue weighted by Crippen LogP contribution is 2.40. The number of aromatic nitrogens is 3. The molecule has 0 aromatic carbocycles. The maximum Gasteiger partial charge on any atom is 0.424 e. The highest BCUT2D eigenvalue weighted by atomic mass is 19.4. The summed E-state index contributed by atoms with van der Waals surface area (Å²) >= 11 is 0. The standard InChI is InChI=1S/C15H19F3N4O/c1-11-3-4-12(21-9-11)10-19-6-5-14(23,15(16,17)18)13-20-7-8-22(13)2/h3-4,7-9,19,23H,5-6,10H2,1-2H3. The van der Waals surface area contributed by atoms with Crippen LogP contribution in [0.4, 0.5) is 13.2 Å². The van der Waals surface area contributed by atoms with Crippen LogP contribution in [0, 0.1) is 6.92 Å². The molecule has 1 atom stereocenters. The summed E-state index contributed by atoms with van der Waals surface area (Å²) < 4.78 is 41.1. The van der Waals surface area contributed by atoms with Crippen LogP contribution in [-0.2, 0) is 19.2 Å². The number of hydrogen-bond acceptors (Lipinski definition) is 4. The van der Waals surface area contributed by atoms with Gasteiger partial charge in [-0.3, -0.25) is 4.98 Å². The predicted molar refractivity (Wildman–Crippen MR) is 78.5 cm³/mol. The lowest BCUT2D eigenvalue weighted by molar-refractivity contribution is -0.272. The van der Waals surface area contributed by atoms with Gasteiger partial charge in [0.05, 0.1) is 5.69 Å². The van der Waals surface area contributed by atoms with Crippen LogP contribution in [0.2, 0.25) is 0 Å². The Morgan fingerprint density at radius 2 is 2.00 bits per heavy atom. The Kier molecular flexibility index (Phi) is 5.06. The molecule has 0 saturated carbocycles. The van der Waals surface area contributed by atoms with Crippen LogP contribution in [0.1, 0.15) is 23.5 Å². The summed E-state index contributed by atoms with van der Waals surface area (Å²) in [6.45, 7) is 2.20. The summed E-state index contributed by atoms with van der Waals surface area (Å²) in [4.78, 5) is 7.82. The van der Waals surface area contributed by atoms with Crippen LogP contribution in [0.25, 0.3) is 0 Å². The Hall–Kier alpha value is -1.93. The van der Waals surface area contributed by atoms with Crippen LogP contribution >= 0.6 is 0 Å². The van der Waals surface area contributed by atoms with Gasteiger partial charge >= 0.3 is 6.18 Å². The molecule has 0 amide bonds. The first-order chi connectivity index (χ1) is 10.7. The van der Waals surface area contributed by atoms with Crippen LogP contribution in [0.3, 0.4) is 0 Å². The molecule has 5 nitrogen and oxygen atoms in total. The molecular weight excluding hydrogens is 309 g/mol. The predicted octanol–water partition coefficient (Wildman–Crippen LogP) is 2.05. The van der Waals surface area contributed by atoms with Gasteiger partial charge < -0.3 is 15.0 Å². The summed E-state index contributed by atoms with van der Waals surface area (Å²) in [5.74, 6) is -0.416. The molecule has 23 heavy (non-hydrogen) atoms. The molecule has 0 radical (unpaired) electrons. The first kappa shape index (κ1) is 17.4. The van der Waals surface area contributed by atoms with Gasteiger partial charge in [-0.25, -0.2) is 4.98 Å². The van der Waals surface area contributed by atoms with Crippen molar-refractivity contribution in [1.82, 2.24) is 19.9 Å². The van der Waals surface area contributed by atoms with E-state index in [1.54, 1.807) is 12.3 Å². The van der Waals surface area contributed by atoms with E-state index in [0.717, 1.165) is 11.3 Å². The summed E-state index contributed by atoms with van der Waals surface area (Å²) in [5.41, 5.74) is -1.25. The number of hydrogen-bond donors (Lipinski definition) is 2. The number of imidazole rings is 1. The summed E-state index contributed by atoms with van der Waals surface area (Å²) in [6, 6.07) is 3.68. The molecule has 2 rings (SSSR count). The number of nitrogens with one attached hydrogen (secondary N) is 1. The van der Waals surface area contributed by atoms with Crippen LogP contribution in [0.5, 0.6) is 0 Å². The molecule has 0 spiro atoms. The molecule has 1 unspecified atom stereocenters. The molecule has 8 heteroatoms. The van der Waals surface area contributed by atoms with Crippen LogP contribution in [-0.4, -0.2) is 32.4 Å². The van der Waals surface area contributed by atoms with Gasteiger partial charge in [0.2, 0.25) is 5.60 Å². The highest BCUT2D eigenvalue weighted by Gasteiger charge is 2.56. The maximum absolute atomic E-state index is 13.3. The SMILES string of the molecule is Cc1ccc(CNCCC(O)(c2nccn2C)C(F)(F)F)nc1. The van der Waals surface area contributed by atoms with E-state index in [9.17, 15) is 18.3 Å². The smallest absolute Gasteiger partial charge is 0.374 e. The van der Waals surface area contributed by atoms with Crippen molar-refractivity contribution in [2.75, 3.05) is 6.54 Å². The minimum absolute atomic E-state index is 0.0293. The van der Waals surface area contributed by atoms with Crippen molar-refractivity contribution >= 4 is 0 Å². The number of pyridine rings is 1. The summed E-state index contributed by atoms with van der Waals surface area (Å²) in [7, 11) is 1.42. The van der Waals surface area contributed by atoms with E-state index in [0.29, 0.717) is 6.54 Å². The zero-order valence-electron chi connectivity index (χ0n) is 12.9. The highest BCUT2D eigenvalue weighted by molar-refractivity contribution is 5.12. The van der Waals surface area contributed by atoms with Crippen molar-refractivity contribution in [2.24, 2.45) is 7.05 Å². The number of nitrogens with zero attached hydrogens (tertiary/aromatic N) is 3. The second-order valence-electron chi connectivity index (χ2n) is 5.47. The molecular formula is C15H19F3N4O. The molecule has 2 heterocycles. The van der Waals surface area contributed by atoms with Crippen molar-refractivity contribution < 1.29 is 18.3 Å². The number of alkyl halides is 3. The van der Waals surface area contributed by atoms with Gasteiger partial charge in [-0.2, -0.15) is 13.2 Å². The quantitative estimate of drug-likeness (QED) is 0.797. The van der Waals surface area contributed by atoms with Crippen molar-refractivity contribution in [1.29, 1.82) is 0 Å². The van der Waals surface area contributed by atoms with Gasteiger partial charge in [0.1, 0.15) is 5.82 Å². The zero-order chi connectivity index (χ0) is 17.1. The van der Waals surface area contributed by atoms with E-state index >= 15 is 0 Å². The van der Waals surface area contributed by atoms with E-state index in [2.05, 4.69) is 15.3 Å². The number of aliphatic hydroxyl groups is 1. The molecule has 0 aliphatic heterocycles. The third-order valence-electron chi connectivity index (χ3n) is 3.60. The Bertz CT molecular complexity index is 639. The second-order valence-corrected chi connectivity index (χ2v) is 5.47. The first-order valence-corrected chi connectivity index (χ1v) is 7.13. The largest absolute Gasteiger partial charge is 0.424 e. The fraction of sp³-hybridized carbons (Fsp3) is 0.467. The van der Waals surface area contributed by atoms with Gasteiger partial charge in [-0.15, -0.1) is 0 Å². The Labute approximate surface area is 132 Å². The molecule has 0 aliphatic rings. The van der Waals surface area contributed by atoms with E-state index in [1.165, 1.54) is 24.0 Å². The van der Waals surface area contributed by atoms with Crippen LogP contribution < -0.4 is 5.32 Å². The number of halogens is 3. The van der Waals surface area contributed by atoms with Crippen molar-refractivity contribution in [3.05, 3.63) is 47.8 Å². The molecule has 0 bridgehead atoms. The van der Waals surface area contributed by atoms with E-state index in [-0.39, 0.29) is 6.54 Å². The minimum Gasteiger partial charge on any atom is -0.374 e. The van der Waals surface area contributed by atoms with Crippen molar-refractivity contribution in [3.8, 4) is 0 Å². The van der Waals surface area contributed by atoms with E-state index < -0.39 is 24.0 Å². The van der Waals surface area contributed by atoms with E-state index in [1.807, 2.05) is 13.0 Å². The minimum atomic E-state index is -4.81. The fourth-order valence-corrected chi connectivity index (χ4v) is 2.23. The fourth-order valence-electron chi connectivity index (χ4n) is 2.23. The number of aryl methyl sites for hydroxylation is 2. The van der Waals surface area contributed by atoms with Crippen LogP contribution in [0.15, 0.2) is 30.7 Å². The summed E-state index contributed by atoms with van der Waals surface area (Å²) in [5, 5.41) is 13.0. The van der Waals surface area contributed by atoms with Gasteiger partial charge in [0, 0.05) is 38.6 Å². The molecule has 2 aromatic heterocycles. The monoisotopic (exact) mass is 328 g/mol. The number of rotatable bonds is 6. The van der Waals surface area contributed by atoms with Gasteiger partial charge in [0.25, 0.3) is 0 Å².